The van der Waals surface area contributed by atoms with Crippen LogP contribution in [0.1, 0.15) is 21.5 Å². The van der Waals surface area contributed by atoms with E-state index in [0.717, 1.165) is 16.9 Å². The predicted octanol–water partition coefficient (Wildman–Crippen LogP) is 2.67. The van der Waals surface area contributed by atoms with E-state index in [1.807, 2.05) is 20.0 Å². The number of aromatic nitrogens is 1. The molecule has 30 heavy (non-hydrogen) atoms. The lowest BCUT2D eigenvalue weighted by molar-refractivity contribution is 0.0742. The number of hydrogen-bond donors (Lipinski definition) is 0. The molecule has 158 valence electrons. The van der Waals surface area contributed by atoms with E-state index < -0.39 is 5.82 Å². The van der Waals surface area contributed by atoms with Crippen LogP contribution >= 0.6 is 0 Å². The van der Waals surface area contributed by atoms with Crippen molar-refractivity contribution in [1.82, 2.24) is 14.8 Å². The molecule has 2 saturated heterocycles. The normalized spacial score (nSPS) is 17.1. The number of rotatable bonds is 3. The number of halogens is 1. The average molecular weight is 411 g/mol. The van der Waals surface area contributed by atoms with Gasteiger partial charge in [-0.3, -0.25) is 9.69 Å². The fourth-order valence-electron chi connectivity index (χ4n) is 4.06. The summed E-state index contributed by atoms with van der Waals surface area (Å²) in [6.45, 7) is 7.46. The van der Waals surface area contributed by atoms with Crippen LogP contribution in [0.15, 0.2) is 30.5 Å². The van der Waals surface area contributed by atoms with E-state index in [1.165, 1.54) is 17.0 Å². The minimum Gasteiger partial charge on any atom is -0.353 e. The summed E-state index contributed by atoms with van der Waals surface area (Å²) in [7, 11) is 1.71. The van der Waals surface area contributed by atoms with E-state index in [-0.39, 0.29) is 17.5 Å². The summed E-state index contributed by atoms with van der Waals surface area (Å²) in [5.41, 5.74) is 2.74. The Morgan fingerprint density at radius 2 is 1.77 bits per heavy atom. The van der Waals surface area contributed by atoms with Crippen molar-refractivity contribution in [3.63, 3.8) is 0 Å². The molecule has 8 heteroatoms. The molecule has 2 aliphatic rings. The molecule has 0 N–H and O–H groups in total. The summed E-state index contributed by atoms with van der Waals surface area (Å²) in [5, 5.41) is 0. The van der Waals surface area contributed by atoms with E-state index in [0.29, 0.717) is 45.0 Å². The molecule has 1 aromatic carbocycles. The zero-order chi connectivity index (χ0) is 21.4. The number of pyridine rings is 1. The molecule has 7 nitrogen and oxygen atoms in total. The van der Waals surface area contributed by atoms with E-state index in [9.17, 15) is 14.0 Å². The van der Waals surface area contributed by atoms with Crippen LogP contribution in [0.25, 0.3) is 0 Å². The Bertz CT molecular complexity index is 987. The van der Waals surface area contributed by atoms with E-state index in [1.54, 1.807) is 22.9 Å². The van der Waals surface area contributed by atoms with Crippen LogP contribution in [0.2, 0.25) is 0 Å². The number of hydrogen-bond acceptors (Lipinski definition) is 4. The van der Waals surface area contributed by atoms with Gasteiger partial charge in [0.15, 0.2) is 0 Å². The molecular weight excluding hydrogens is 385 g/mol. The highest BCUT2D eigenvalue weighted by atomic mass is 19.1. The van der Waals surface area contributed by atoms with Gasteiger partial charge in [-0.05, 0) is 43.2 Å². The van der Waals surface area contributed by atoms with Crippen LogP contribution in [0.5, 0.6) is 0 Å². The second-order valence-electron chi connectivity index (χ2n) is 7.95. The van der Waals surface area contributed by atoms with Crippen molar-refractivity contribution in [1.29, 1.82) is 0 Å². The average Bonchev–Trinajstić information content (AvgIpc) is 3.06. The molecule has 2 aromatic rings. The van der Waals surface area contributed by atoms with Crippen molar-refractivity contribution in [2.75, 3.05) is 56.1 Å². The van der Waals surface area contributed by atoms with Crippen molar-refractivity contribution in [2.45, 2.75) is 13.8 Å². The molecule has 3 amide bonds. The summed E-state index contributed by atoms with van der Waals surface area (Å²) < 4.78 is 14.7. The minimum atomic E-state index is -0.599. The minimum absolute atomic E-state index is 0.0387. The van der Waals surface area contributed by atoms with Crippen molar-refractivity contribution >= 4 is 23.4 Å². The van der Waals surface area contributed by atoms with Gasteiger partial charge in [-0.15, -0.1) is 0 Å². The monoisotopic (exact) mass is 411 g/mol. The molecule has 0 radical (unpaired) electrons. The fourth-order valence-corrected chi connectivity index (χ4v) is 4.06. The lowest BCUT2D eigenvalue weighted by Gasteiger charge is -2.36. The molecule has 4 rings (SSSR count). The Balaban J connectivity index is 1.43. The standard InChI is InChI=1S/C22H26FN5O2/c1-15-12-16(2)20(24-14-15)26-7-9-27(10-8-26)21(29)18-5-4-17(13-19(18)23)28-11-6-25(3)22(28)30/h4-5,12-14H,6-11H2,1-3H3. The van der Waals surface area contributed by atoms with Gasteiger partial charge in [0, 0.05) is 58.2 Å². The Labute approximate surface area is 175 Å². The molecule has 0 bridgehead atoms. The first-order valence-corrected chi connectivity index (χ1v) is 10.1. The van der Waals surface area contributed by atoms with Gasteiger partial charge in [0.25, 0.3) is 5.91 Å². The third kappa shape index (κ3) is 3.69. The van der Waals surface area contributed by atoms with Crippen molar-refractivity contribution in [2.24, 2.45) is 0 Å². The largest absolute Gasteiger partial charge is 0.353 e. The molecule has 0 atom stereocenters. The zero-order valence-corrected chi connectivity index (χ0v) is 17.6. The molecule has 0 unspecified atom stereocenters. The highest BCUT2D eigenvalue weighted by Crippen LogP contribution is 2.24. The highest BCUT2D eigenvalue weighted by Gasteiger charge is 2.29. The van der Waals surface area contributed by atoms with Crippen molar-refractivity contribution in [3.05, 3.63) is 53.0 Å². The van der Waals surface area contributed by atoms with Gasteiger partial charge in [-0.2, -0.15) is 0 Å². The van der Waals surface area contributed by atoms with E-state index >= 15 is 0 Å². The summed E-state index contributed by atoms with van der Waals surface area (Å²) in [6.07, 6.45) is 1.85. The van der Waals surface area contributed by atoms with Gasteiger partial charge >= 0.3 is 6.03 Å². The summed E-state index contributed by atoms with van der Waals surface area (Å²) in [4.78, 5) is 36.5. The maximum atomic E-state index is 14.7. The van der Waals surface area contributed by atoms with E-state index in [2.05, 4.69) is 16.0 Å². The first-order valence-electron chi connectivity index (χ1n) is 10.1. The molecular formula is C22H26FN5O2. The number of carbonyl (C=O) groups excluding carboxylic acids is 2. The van der Waals surface area contributed by atoms with Gasteiger partial charge in [-0.1, -0.05) is 6.07 Å². The molecule has 0 spiro atoms. The number of amides is 3. The van der Waals surface area contributed by atoms with Gasteiger partial charge < -0.3 is 14.7 Å². The van der Waals surface area contributed by atoms with Crippen LogP contribution in [0.4, 0.5) is 20.7 Å². The zero-order valence-electron chi connectivity index (χ0n) is 17.6. The number of carbonyl (C=O) groups is 2. The topological polar surface area (TPSA) is 60.0 Å². The summed E-state index contributed by atoms with van der Waals surface area (Å²) in [5.74, 6) is 0.0129. The smallest absolute Gasteiger partial charge is 0.324 e. The number of nitrogens with zero attached hydrogens (tertiary/aromatic N) is 5. The SMILES string of the molecule is Cc1cnc(N2CCN(C(=O)c3ccc(N4CCN(C)C4=O)cc3F)CC2)c(C)c1. The summed E-state index contributed by atoms with van der Waals surface area (Å²) >= 11 is 0. The van der Waals surface area contributed by atoms with Gasteiger partial charge in [0.1, 0.15) is 11.6 Å². The molecule has 2 fully saturated rings. The van der Waals surface area contributed by atoms with Crippen LogP contribution in [-0.4, -0.2) is 73.0 Å². The van der Waals surface area contributed by atoms with E-state index in [4.69, 9.17) is 0 Å². The number of anilines is 2. The van der Waals surface area contributed by atoms with Crippen LogP contribution in [0.3, 0.4) is 0 Å². The van der Waals surface area contributed by atoms with Gasteiger partial charge in [0.2, 0.25) is 0 Å². The Morgan fingerprint density at radius 1 is 1.03 bits per heavy atom. The number of aryl methyl sites for hydroxylation is 2. The Kier molecular flexibility index (Phi) is 5.32. The number of urea groups is 1. The molecule has 0 aliphatic carbocycles. The number of benzene rings is 1. The molecule has 2 aliphatic heterocycles. The third-order valence-electron chi connectivity index (χ3n) is 5.76. The Morgan fingerprint density at radius 3 is 2.37 bits per heavy atom. The quantitative estimate of drug-likeness (QED) is 0.779. The second-order valence-corrected chi connectivity index (χ2v) is 7.95. The number of piperazine rings is 1. The lowest BCUT2D eigenvalue weighted by Crippen LogP contribution is -2.49. The maximum absolute atomic E-state index is 14.7. The second kappa shape index (κ2) is 7.93. The summed E-state index contributed by atoms with van der Waals surface area (Å²) in [6, 6.07) is 6.34. The van der Waals surface area contributed by atoms with Crippen molar-refractivity contribution in [3.8, 4) is 0 Å². The van der Waals surface area contributed by atoms with Crippen LogP contribution < -0.4 is 9.80 Å². The predicted molar refractivity (Wildman–Crippen MR) is 114 cm³/mol. The highest BCUT2D eigenvalue weighted by molar-refractivity contribution is 5.97. The molecule has 0 saturated carbocycles. The van der Waals surface area contributed by atoms with Crippen LogP contribution in [-0.2, 0) is 0 Å². The molecule has 1 aromatic heterocycles. The third-order valence-corrected chi connectivity index (χ3v) is 5.76. The van der Waals surface area contributed by atoms with Crippen LogP contribution in [0, 0.1) is 19.7 Å². The Hall–Kier alpha value is -3.16. The number of likely N-dealkylation sites (N-methyl/N-ethyl adjacent to an activating group) is 1. The fraction of sp³-hybridized carbons (Fsp3) is 0.409. The first kappa shape index (κ1) is 20.1. The van der Waals surface area contributed by atoms with Gasteiger partial charge in [0.05, 0.1) is 5.56 Å². The first-order chi connectivity index (χ1) is 14.3. The molecule has 3 heterocycles. The lowest BCUT2D eigenvalue weighted by atomic mass is 10.1. The van der Waals surface area contributed by atoms with Crippen molar-refractivity contribution < 1.29 is 14.0 Å². The maximum Gasteiger partial charge on any atom is 0.324 e. The van der Waals surface area contributed by atoms with Gasteiger partial charge in [-0.25, -0.2) is 14.2 Å².